The Bertz CT molecular complexity index is 230. The standard InChI is InChI=1S/C11H22O3Si/c1-7-10(8-13-15(4,5)6)14-11(12)9(2)3/h10H,2,7-8H2,1,3-6H3. The van der Waals surface area contributed by atoms with E-state index in [9.17, 15) is 4.79 Å². The van der Waals surface area contributed by atoms with Crippen LogP contribution in [0.5, 0.6) is 0 Å². The van der Waals surface area contributed by atoms with Crippen molar-refractivity contribution in [1.82, 2.24) is 0 Å². The topological polar surface area (TPSA) is 35.5 Å². The van der Waals surface area contributed by atoms with E-state index in [-0.39, 0.29) is 12.1 Å². The first kappa shape index (κ1) is 14.4. The maximum absolute atomic E-state index is 11.3. The summed E-state index contributed by atoms with van der Waals surface area (Å²) in [5.41, 5.74) is 0.432. The van der Waals surface area contributed by atoms with Crippen molar-refractivity contribution >= 4 is 14.3 Å². The van der Waals surface area contributed by atoms with Crippen molar-refractivity contribution < 1.29 is 14.0 Å². The van der Waals surface area contributed by atoms with Gasteiger partial charge in [0.05, 0.1) is 6.61 Å². The second kappa shape index (κ2) is 6.08. The van der Waals surface area contributed by atoms with E-state index < -0.39 is 8.32 Å². The lowest BCUT2D eigenvalue weighted by molar-refractivity contribution is -0.146. The first-order chi connectivity index (χ1) is 6.76. The Hall–Kier alpha value is -0.613. The van der Waals surface area contributed by atoms with Crippen LogP contribution in [-0.4, -0.2) is 27.0 Å². The van der Waals surface area contributed by atoms with E-state index in [0.29, 0.717) is 12.2 Å². The van der Waals surface area contributed by atoms with Gasteiger partial charge in [-0.2, -0.15) is 0 Å². The minimum absolute atomic E-state index is 0.152. The highest BCUT2D eigenvalue weighted by atomic mass is 28.4. The molecule has 0 bridgehead atoms. The molecule has 0 fully saturated rings. The Labute approximate surface area is 93.6 Å². The molecule has 0 aromatic carbocycles. The second-order valence-electron chi connectivity index (χ2n) is 4.64. The fraction of sp³-hybridized carbons (Fsp3) is 0.727. The van der Waals surface area contributed by atoms with Gasteiger partial charge in [0.15, 0.2) is 8.32 Å². The van der Waals surface area contributed by atoms with Gasteiger partial charge in [-0.3, -0.25) is 0 Å². The normalized spacial score (nSPS) is 13.4. The van der Waals surface area contributed by atoms with Crippen molar-refractivity contribution in [1.29, 1.82) is 0 Å². The van der Waals surface area contributed by atoms with E-state index in [1.807, 2.05) is 6.92 Å². The van der Waals surface area contributed by atoms with Crippen LogP contribution >= 0.6 is 0 Å². The van der Waals surface area contributed by atoms with Gasteiger partial charge in [-0.05, 0) is 33.0 Å². The van der Waals surface area contributed by atoms with Crippen LogP contribution in [0.2, 0.25) is 19.6 Å². The summed E-state index contributed by atoms with van der Waals surface area (Å²) in [5, 5.41) is 0. The maximum Gasteiger partial charge on any atom is 0.333 e. The molecular weight excluding hydrogens is 208 g/mol. The van der Waals surface area contributed by atoms with Gasteiger partial charge in [0.2, 0.25) is 0 Å². The Morgan fingerprint density at radius 1 is 1.40 bits per heavy atom. The number of hydrogen-bond acceptors (Lipinski definition) is 3. The van der Waals surface area contributed by atoms with E-state index >= 15 is 0 Å². The van der Waals surface area contributed by atoms with Crippen LogP contribution in [0.1, 0.15) is 20.3 Å². The first-order valence-electron chi connectivity index (χ1n) is 5.26. The Kier molecular flexibility index (Phi) is 5.83. The van der Waals surface area contributed by atoms with Crippen LogP contribution in [0.25, 0.3) is 0 Å². The molecule has 0 aliphatic rings. The third-order valence-corrected chi connectivity index (χ3v) is 2.81. The highest BCUT2D eigenvalue weighted by Crippen LogP contribution is 2.08. The van der Waals surface area contributed by atoms with E-state index in [1.54, 1.807) is 6.92 Å². The fourth-order valence-corrected chi connectivity index (χ4v) is 1.52. The predicted octanol–water partition coefficient (Wildman–Crippen LogP) is 2.74. The molecule has 0 spiro atoms. The molecule has 0 saturated heterocycles. The minimum Gasteiger partial charge on any atom is -0.457 e. The summed E-state index contributed by atoms with van der Waals surface area (Å²) >= 11 is 0. The molecule has 0 amide bonds. The summed E-state index contributed by atoms with van der Waals surface area (Å²) in [7, 11) is -1.53. The summed E-state index contributed by atoms with van der Waals surface area (Å²) in [5.74, 6) is -0.332. The molecule has 0 aromatic rings. The highest BCUT2D eigenvalue weighted by Gasteiger charge is 2.19. The predicted molar refractivity (Wildman–Crippen MR) is 64.3 cm³/mol. The number of carbonyl (C=O) groups is 1. The molecule has 88 valence electrons. The number of esters is 1. The molecule has 0 aliphatic heterocycles. The lowest BCUT2D eigenvalue weighted by Crippen LogP contribution is -2.32. The van der Waals surface area contributed by atoms with Gasteiger partial charge in [0.1, 0.15) is 6.10 Å². The average Bonchev–Trinajstić information content (AvgIpc) is 2.10. The molecular formula is C11H22O3Si. The number of ether oxygens (including phenoxy) is 1. The summed E-state index contributed by atoms with van der Waals surface area (Å²) in [4.78, 5) is 11.3. The van der Waals surface area contributed by atoms with Crippen LogP contribution in [-0.2, 0) is 14.0 Å². The van der Waals surface area contributed by atoms with E-state index in [0.717, 1.165) is 6.42 Å². The lowest BCUT2D eigenvalue weighted by Gasteiger charge is -2.22. The van der Waals surface area contributed by atoms with Crippen LogP contribution in [0.15, 0.2) is 12.2 Å². The zero-order chi connectivity index (χ0) is 12.1. The summed E-state index contributed by atoms with van der Waals surface area (Å²) in [6, 6.07) is 0. The van der Waals surface area contributed by atoms with Gasteiger partial charge < -0.3 is 9.16 Å². The smallest absolute Gasteiger partial charge is 0.333 e. The van der Waals surface area contributed by atoms with Crippen molar-refractivity contribution in [3.05, 3.63) is 12.2 Å². The minimum atomic E-state index is -1.53. The van der Waals surface area contributed by atoms with Crippen molar-refractivity contribution in [2.45, 2.75) is 46.0 Å². The maximum atomic E-state index is 11.3. The van der Waals surface area contributed by atoms with Gasteiger partial charge in [-0.15, -0.1) is 0 Å². The zero-order valence-corrected chi connectivity index (χ0v) is 11.4. The molecule has 1 unspecified atom stereocenters. The largest absolute Gasteiger partial charge is 0.457 e. The fourth-order valence-electron chi connectivity index (χ4n) is 0.830. The van der Waals surface area contributed by atoms with Crippen LogP contribution in [0.4, 0.5) is 0 Å². The highest BCUT2D eigenvalue weighted by molar-refractivity contribution is 6.69. The van der Waals surface area contributed by atoms with Gasteiger partial charge in [0.25, 0.3) is 0 Å². The van der Waals surface area contributed by atoms with Crippen molar-refractivity contribution in [3.8, 4) is 0 Å². The van der Waals surface area contributed by atoms with Gasteiger partial charge in [-0.1, -0.05) is 13.5 Å². The third-order valence-electron chi connectivity index (χ3n) is 1.78. The Morgan fingerprint density at radius 2 is 1.93 bits per heavy atom. The van der Waals surface area contributed by atoms with Crippen LogP contribution in [0, 0.1) is 0 Å². The SMILES string of the molecule is C=C(C)C(=O)OC(CC)CO[Si](C)(C)C. The molecule has 3 nitrogen and oxygen atoms in total. The van der Waals surface area contributed by atoms with Gasteiger partial charge in [0, 0.05) is 5.57 Å². The molecule has 4 heteroatoms. The molecule has 15 heavy (non-hydrogen) atoms. The summed E-state index contributed by atoms with van der Waals surface area (Å²) in [6.07, 6.45) is 0.615. The van der Waals surface area contributed by atoms with Crippen molar-refractivity contribution in [3.63, 3.8) is 0 Å². The van der Waals surface area contributed by atoms with Gasteiger partial charge in [-0.25, -0.2) is 4.79 Å². The third kappa shape index (κ3) is 7.33. The quantitative estimate of drug-likeness (QED) is 0.400. The molecule has 0 heterocycles. The van der Waals surface area contributed by atoms with E-state index in [2.05, 4.69) is 26.2 Å². The monoisotopic (exact) mass is 230 g/mol. The summed E-state index contributed by atoms with van der Waals surface area (Å²) < 4.78 is 10.9. The molecule has 1 atom stereocenters. The zero-order valence-electron chi connectivity index (χ0n) is 10.4. The van der Waals surface area contributed by atoms with Crippen LogP contribution in [0.3, 0.4) is 0 Å². The molecule has 0 radical (unpaired) electrons. The second-order valence-corrected chi connectivity index (χ2v) is 9.15. The Morgan fingerprint density at radius 3 is 2.27 bits per heavy atom. The molecule has 0 N–H and O–H groups in total. The van der Waals surface area contributed by atoms with Crippen molar-refractivity contribution in [2.75, 3.05) is 6.61 Å². The van der Waals surface area contributed by atoms with Crippen LogP contribution < -0.4 is 0 Å². The van der Waals surface area contributed by atoms with Crippen molar-refractivity contribution in [2.24, 2.45) is 0 Å². The van der Waals surface area contributed by atoms with E-state index in [4.69, 9.17) is 9.16 Å². The first-order valence-corrected chi connectivity index (χ1v) is 8.67. The van der Waals surface area contributed by atoms with Gasteiger partial charge >= 0.3 is 5.97 Å². The molecule has 0 rings (SSSR count). The number of rotatable bonds is 6. The number of carbonyl (C=O) groups excluding carboxylic acids is 1. The molecule has 0 saturated carbocycles. The molecule has 0 aromatic heterocycles. The number of hydrogen-bond donors (Lipinski definition) is 0. The molecule has 0 aliphatic carbocycles. The lowest BCUT2D eigenvalue weighted by atomic mass is 10.3. The average molecular weight is 230 g/mol. The summed E-state index contributed by atoms with van der Waals surface area (Å²) in [6.45, 7) is 14.0. The van der Waals surface area contributed by atoms with E-state index in [1.165, 1.54) is 0 Å². The Balaban J connectivity index is 4.04.